The van der Waals surface area contributed by atoms with Gasteiger partial charge in [0.25, 0.3) is 0 Å². The molecule has 122 valence electrons. The van der Waals surface area contributed by atoms with E-state index >= 15 is 0 Å². The molecule has 4 rings (SSSR count). The summed E-state index contributed by atoms with van der Waals surface area (Å²) in [6, 6.07) is 6.37. The Bertz CT molecular complexity index is 736. The molecule has 1 saturated carbocycles. The minimum absolute atomic E-state index is 0.204. The van der Waals surface area contributed by atoms with Crippen molar-refractivity contribution in [1.29, 1.82) is 0 Å². The Kier molecular flexibility index (Phi) is 3.64. The Morgan fingerprint density at radius 2 is 2.22 bits per heavy atom. The van der Waals surface area contributed by atoms with Gasteiger partial charge in [-0.1, -0.05) is 18.1 Å². The summed E-state index contributed by atoms with van der Waals surface area (Å²) in [5, 5.41) is 1.06. The van der Waals surface area contributed by atoms with Gasteiger partial charge < -0.3 is 15.1 Å². The second-order valence-corrected chi connectivity index (χ2v) is 7.25. The number of hydrogen-bond acceptors (Lipinski definition) is 3. The summed E-state index contributed by atoms with van der Waals surface area (Å²) < 4.78 is 5.59. The molecule has 1 amide bonds. The van der Waals surface area contributed by atoms with Gasteiger partial charge in [0.15, 0.2) is 0 Å². The molecule has 1 saturated heterocycles. The van der Waals surface area contributed by atoms with E-state index in [9.17, 15) is 4.79 Å². The molecule has 4 nitrogen and oxygen atoms in total. The minimum atomic E-state index is 0.204. The first-order valence-electron chi connectivity index (χ1n) is 8.62. The molecular formula is C19H24N2O2. The number of nitrogens with two attached hydrogens (primary N) is 1. The predicted molar refractivity (Wildman–Crippen MR) is 90.0 cm³/mol. The lowest BCUT2D eigenvalue weighted by atomic mass is 9.78. The Morgan fingerprint density at radius 3 is 3.04 bits per heavy atom. The fourth-order valence-corrected chi connectivity index (χ4v) is 4.33. The van der Waals surface area contributed by atoms with Gasteiger partial charge in [0.1, 0.15) is 5.58 Å². The minimum Gasteiger partial charge on any atom is -0.464 e. The number of aryl methyl sites for hydroxylation is 1. The number of carbonyl (C=O) groups excluding carboxylic acids is 1. The fraction of sp³-hybridized carbons (Fsp3) is 0.526. The van der Waals surface area contributed by atoms with E-state index in [1.807, 2.05) is 17.0 Å². The third-order valence-electron chi connectivity index (χ3n) is 5.66. The number of furan rings is 1. The number of likely N-dealkylation sites (tertiary alicyclic amines) is 1. The van der Waals surface area contributed by atoms with E-state index in [-0.39, 0.29) is 11.9 Å². The molecule has 0 bridgehead atoms. The average molecular weight is 312 g/mol. The van der Waals surface area contributed by atoms with E-state index in [2.05, 4.69) is 13.0 Å². The van der Waals surface area contributed by atoms with Crippen LogP contribution < -0.4 is 5.73 Å². The molecule has 3 atom stereocenters. The van der Waals surface area contributed by atoms with Crippen molar-refractivity contribution in [3.8, 4) is 0 Å². The van der Waals surface area contributed by atoms with Crippen LogP contribution in [0.2, 0.25) is 0 Å². The average Bonchev–Trinajstić information content (AvgIpc) is 3.13. The molecule has 23 heavy (non-hydrogen) atoms. The van der Waals surface area contributed by atoms with Crippen LogP contribution in [0.4, 0.5) is 0 Å². The monoisotopic (exact) mass is 312 g/mol. The number of carbonyl (C=O) groups is 1. The smallest absolute Gasteiger partial charge is 0.227 e. The van der Waals surface area contributed by atoms with Crippen LogP contribution in [0.25, 0.3) is 11.0 Å². The normalized spacial score (nSPS) is 27.4. The first-order valence-corrected chi connectivity index (χ1v) is 8.62. The third kappa shape index (κ3) is 2.65. The highest BCUT2D eigenvalue weighted by Gasteiger charge is 2.40. The second kappa shape index (κ2) is 5.68. The van der Waals surface area contributed by atoms with Gasteiger partial charge in [-0.25, -0.2) is 0 Å². The summed E-state index contributed by atoms with van der Waals surface area (Å²) in [6.07, 6.45) is 5.68. The van der Waals surface area contributed by atoms with Crippen LogP contribution in [0.15, 0.2) is 28.9 Å². The summed E-state index contributed by atoms with van der Waals surface area (Å²) in [5.41, 5.74) is 9.29. The van der Waals surface area contributed by atoms with Gasteiger partial charge in [-0.2, -0.15) is 0 Å². The predicted octanol–water partition coefficient (Wildman–Crippen LogP) is 2.87. The summed E-state index contributed by atoms with van der Waals surface area (Å²) in [7, 11) is 0. The van der Waals surface area contributed by atoms with Gasteiger partial charge in [-0.15, -0.1) is 0 Å². The van der Waals surface area contributed by atoms with Gasteiger partial charge in [0.2, 0.25) is 5.91 Å². The number of benzene rings is 1. The molecule has 2 fully saturated rings. The van der Waals surface area contributed by atoms with Crippen molar-refractivity contribution in [3.63, 3.8) is 0 Å². The Hall–Kier alpha value is -1.81. The number of amides is 1. The molecule has 2 aromatic rings. The van der Waals surface area contributed by atoms with Crippen LogP contribution in [0.1, 0.15) is 30.4 Å². The third-order valence-corrected chi connectivity index (χ3v) is 5.66. The van der Waals surface area contributed by atoms with Crippen molar-refractivity contribution in [1.82, 2.24) is 4.90 Å². The summed E-state index contributed by atoms with van der Waals surface area (Å²) in [6.45, 7) is 3.77. The van der Waals surface area contributed by atoms with Crippen LogP contribution in [-0.4, -0.2) is 29.9 Å². The molecule has 2 N–H and O–H groups in total. The largest absolute Gasteiger partial charge is 0.464 e. The van der Waals surface area contributed by atoms with Gasteiger partial charge in [-0.3, -0.25) is 4.79 Å². The summed E-state index contributed by atoms with van der Waals surface area (Å²) >= 11 is 0. The fourth-order valence-electron chi connectivity index (χ4n) is 4.33. The van der Waals surface area contributed by atoms with Crippen molar-refractivity contribution in [2.24, 2.45) is 17.6 Å². The summed E-state index contributed by atoms with van der Waals surface area (Å²) in [5.74, 6) is 1.30. The molecule has 1 aliphatic carbocycles. The molecule has 0 spiro atoms. The zero-order chi connectivity index (χ0) is 16.0. The van der Waals surface area contributed by atoms with Crippen LogP contribution >= 0.6 is 0 Å². The lowest BCUT2D eigenvalue weighted by Gasteiger charge is -2.29. The van der Waals surface area contributed by atoms with E-state index < -0.39 is 0 Å². The standard InChI is InChI=1S/C19H24N2O2/c1-12-5-6-18-15(7-12)14(11-23-18)8-19(22)21-9-13-3-2-4-17(20)16(13)10-21/h5-7,11,13,16-17H,2-4,8-10,20H2,1H3. The SMILES string of the molecule is Cc1ccc2occ(CC(=O)N3CC4CCCC(N)C4C3)c2c1. The molecule has 3 unspecified atom stereocenters. The first-order chi connectivity index (χ1) is 11.1. The van der Waals surface area contributed by atoms with Gasteiger partial charge in [-0.05, 0) is 43.7 Å². The highest BCUT2D eigenvalue weighted by molar-refractivity contribution is 5.88. The van der Waals surface area contributed by atoms with Crippen molar-refractivity contribution in [2.75, 3.05) is 13.1 Å². The van der Waals surface area contributed by atoms with Gasteiger partial charge >= 0.3 is 0 Å². The molecule has 0 radical (unpaired) electrons. The Balaban J connectivity index is 1.50. The van der Waals surface area contributed by atoms with E-state index in [0.29, 0.717) is 18.3 Å². The number of hydrogen-bond donors (Lipinski definition) is 1. The molecule has 1 aromatic carbocycles. The molecule has 2 heterocycles. The molecule has 1 aliphatic heterocycles. The Labute approximate surface area is 136 Å². The maximum atomic E-state index is 12.7. The van der Waals surface area contributed by atoms with E-state index in [0.717, 1.165) is 36.0 Å². The highest BCUT2D eigenvalue weighted by atomic mass is 16.3. The van der Waals surface area contributed by atoms with Crippen molar-refractivity contribution >= 4 is 16.9 Å². The van der Waals surface area contributed by atoms with Crippen LogP contribution in [0.3, 0.4) is 0 Å². The maximum absolute atomic E-state index is 12.7. The Morgan fingerprint density at radius 1 is 1.35 bits per heavy atom. The van der Waals surface area contributed by atoms with Crippen LogP contribution in [-0.2, 0) is 11.2 Å². The van der Waals surface area contributed by atoms with Crippen molar-refractivity contribution in [2.45, 2.75) is 38.6 Å². The zero-order valence-electron chi connectivity index (χ0n) is 13.6. The summed E-state index contributed by atoms with van der Waals surface area (Å²) in [4.78, 5) is 14.8. The number of nitrogens with zero attached hydrogens (tertiary/aromatic N) is 1. The first kappa shape index (κ1) is 14.8. The highest BCUT2D eigenvalue weighted by Crippen LogP contribution is 2.36. The van der Waals surface area contributed by atoms with E-state index in [1.165, 1.54) is 18.4 Å². The van der Waals surface area contributed by atoms with Gasteiger partial charge in [0.05, 0.1) is 12.7 Å². The van der Waals surface area contributed by atoms with Crippen molar-refractivity contribution < 1.29 is 9.21 Å². The van der Waals surface area contributed by atoms with E-state index in [1.54, 1.807) is 6.26 Å². The number of fused-ring (bicyclic) bond motifs is 2. The zero-order valence-corrected chi connectivity index (χ0v) is 13.6. The molecular weight excluding hydrogens is 288 g/mol. The topological polar surface area (TPSA) is 59.5 Å². The molecule has 1 aromatic heterocycles. The quantitative estimate of drug-likeness (QED) is 0.927. The van der Waals surface area contributed by atoms with Crippen molar-refractivity contribution in [3.05, 3.63) is 35.6 Å². The van der Waals surface area contributed by atoms with Gasteiger partial charge in [0, 0.05) is 30.1 Å². The van der Waals surface area contributed by atoms with Crippen LogP contribution in [0.5, 0.6) is 0 Å². The maximum Gasteiger partial charge on any atom is 0.227 e. The number of rotatable bonds is 2. The molecule has 4 heteroatoms. The van der Waals surface area contributed by atoms with Crippen LogP contribution in [0, 0.1) is 18.8 Å². The molecule has 2 aliphatic rings. The second-order valence-electron chi connectivity index (χ2n) is 7.25. The lowest BCUT2D eigenvalue weighted by Crippen LogP contribution is -2.38. The lowest BCUT2D eigenvalue weighted by molar-refractivity contribution is -0.129. The van der Waals surface area contributed by atoms with E-state index in [4.69, 9.17) is 10.2 Å².